The van der Waals surface area contributed by atoms with Crippen molar-refractivity contribution in [3.8, 4) is 0 Å². The van der Waals surface area contributed by atoms with Crippen molar-refractivity contribution in [1.82, 2.24) is 20.4 Å². The second kappa shape index (κ2) is 11.5. The van der Waals surface area contributed by atoms with Gasteiger partial charge in [0, 0.05) is 37.4 Å². The van der Waals surface area contributed by atoms with Crippen molar-refractivity contribution in [3.63, 3.8) is 0 Å². The van der Waals surface area contributed by atoms with E-state index in [4.69, 9.17) is 9.47 Å². The average Bonchev–Trinajstić information content (AvgIpc) is 3.77. The minimum atomic E-state index is -1.37. The molecule has 234 valence electrons. The number of nitrogens with zero attached hydrogens (tertiary/aromatic N) is 2. The number of rotatable bonds is 10. The van der Waals surface area contributed by atoms with Crippen LogP contribution in [0.5, 0.6) is 0 Å². The standard InChI is InChI=1S/C33H46N4O6/c1-5-8-26(28(38)30(40)34-22-11-12-22)35-29(39)27-17-23(19-37(27)31(41)43-32(2,3)4)42-33(24-13-14-25(24)33)36-16-15-20-9-6-7-10-21(20)18-36/h6-7,9-10,13-14,22-28,38H,5,8,11-12,15-19H2,1-4H3,(H,34,40)(H,35,39)/t23-,24?,25?,26?,27+,28?,33?/m1/s1. The lowest BCUT2D eigenvalue weighted by Gasteiger charge is -2.38. The number of nitrogens with one attached hydrogen (secondary N) is 2. The molecule has 0 spiro atoms. The van der Waals surface area contributed by atoms with Crippen LogP contribution in [0.15, 0.2) is 36.4 Å². The van der Waals surface area contributed by atoms with E-state index in [2.05, 4.69) is 52.0 Å². The van der Waals surface area contributed by atoms with Gasteiger partial charge in [0.15, 0.2) is 6.10 Å². The second-order valence-corrected chi connectivity index (χ2v) is 13.9. The van der Waals surface area contributed by atoms with Crippen LogP contribution in [0.3, 0.4) is 0 Å². The van der Waals surface area contributed by atoms with E-state index in [1.165, 1.54) is 16.0 Å². The van der Waals surface area contributed by atoms with Crippen molar-refractivity contribution in [2.75, 3.05) is 13.1 Å². The van der Waals surface area contributed by atoms with E-state index in [-0.39, 0.29) is 18.7 Å². The third-order valence-electron chi connectivity index (χ3n) is 9.43. The molecule has 6 atom stereocenters. The first-order valence-electron chi connectivity index (χ1n) is 16.0. The van der Waals surface area contributed by atoms with Gasteiger partial charge in [-0.05, 0) is 57.6 Å². The number of hydrogen-bond donors (Lipinski definition) is 3. The Morgan fingerprint density at radius 1 is 1.12 bits per heavy atom. The maximum absolute atomic E-state index is 13.8. The molecule has 3 fully saturated rings. The molecule has 10 heteroatoms. The molecule has 0 aromatic heterocycles. The van der Waals surface area contributed by atoms with Crippen LogP contribution in [0.25, 0.3) is 0 Å². The van der Waals surface area contributed by atoms with E-state index in [1.807, 2.05) is 6.92 Å². The number of carbonyl (C=O) groups is 3. The maximum Gasteiger partial charge on any atom is 0.411 e. The number of hydrogen-bond acceptors (Lipinski definition) is 7. The molecule has 10 nitrogen and oxygen atoms in total. The smallest absolute Gasteiger partial charge is 0.411 e. The molecule has 3 N–H and O–H groups in total. The van der Waals surface area contributed by atoms with Crippen LogP contribution in [-0.4, -0.2) is 87.6 Å². The number of amides is 3. The van der Waals surface area contributed by atoms with E-state index in [9.17, 15) is 19.5 Å². The number of aliphatic hydroxyl groups excluding tert-OH is 1. The number of carbonyl (C=O) groups excluding carboxylic acids is 3. The van der Waals surface area contributed by atoms with Gasteiger partial charge in [-0.2, -0.15) is 0 Å². The summed E-state index contributed by atoms with van der Waals surface area (Å²) in [6.45, 7) is 9.25. The summed E-state index contributed by atoms with van der Waals surface area (Å²) in [4.78, 5) is 43.7. The molecule has 43 heavy (non-hydrogen) atoms. The first-order valence-corrected chi connectivity index (χ1v) is 16.0. The zero-order valence-electron chi connectivity index (χ0n) is 25.8. The molecule has 0 radical (unpaired) electrons. The quantitative estimate of drug-likeness (QED) is 0.357. The van der Waals surface area contributed by atoms with Crippen LogP contribution in [-0.2, 0) is 32.0 Å². The first kappa shape index (κ1) is 30.1. The van der Waals surface area contributed by atoms with Gasteiger partial charge < -0.3 is 25.2 Å². The van der Waals surface area contributed by atoms with Crippen molar-refractivity contribution >= 4 is 17.9 Å². The van der Waals surface area contributed by atoms with Gasteiger partial charge in [0.2, 0.25) is 5.91 Å². The monoisotopic (exact) mass is 594 g/mol. The fraction of sp³-hybridized carbons (Fsp3) is 0.667. The highest BCUT2D eigenvalue weighted by atomic mass is 16.6. The van der Waals surface area contributed by atoms with Crippen molar-refractivity contribution in [1.29, 1.82) is 0 Å². The maximum atomic E-state index is 13.8. The molecule has 4 unspecified atom stereocenters. The summed E-state index contributed by atoms with van der Waals surface area (Å²) in [7, 11) is 0. The fourth-order valence-corrected chi connectivity index (χ4v) is 6.98. The first-order chi connectivity index (χ1) is 20.5. The summed E-state index contributed by atoms with van der Waals surface area (Å²) in [6, 6.07) is 7.02. The fourth-order valence-electron chi connectivity index (χ4n) is 6.98. The Bertz CT molecular complexity index is 1260. The zero-order valence-corrected chi connectivity index (χ0v) is 25.8. The Morgan fingerprint density at radius 2 is 1.81 bits per heavy atom. The van der Waals surface area contributed by atoms with Gasteiger partial charge in [0.25, 0.3) is 5.91 Å². The summed E-state index contributed by atoms with van der Waals surface area (Å²) in [5.74, 6) is -0.282. The van der Waals surface area contributed by atoms with Gasteiger partial charge >= 0.3 is 6.09 Å². The molecule has 1 saturated heterocycles. The highest BCUT2D eigenvalue weighted by Gasteiger charge is 2.72. The van der Waals surface area contributed by atoms with E-state index < -0.39 is 47.4 Å². The third-order valence-corrected chi connectivity index (χ3v) is 9.43. The van der Waals surface area contributed by atoms with Crippen molar-refractivity contribution in [2.45, 2.75) is 114 Å². The lowest BCUT2D eigenvalue weighted by atomic mass is 9.99. The van der Waals surface area contributed by atoms with Crippen molar-refractivity contribution < 1.29 is 29.0 Å². The number of aliphatic hydroxyl groups is 1. The molecule has 0 bridgehead atoms. The molecule has 1 aromatic carbocycles. The van der Waals surface area contributed by atoms with Gasteiger partial charge in [0.05, 0.1) is 18.7 Å². The molecule has 5 aliphatic rings. The zero-order chi connectivity index (χ0) is 30.5. The SMILES string of the molecule is CCCC(NC(=O)[C@@H]1C[C@@H](OC2(N3CCc4ccccc4C3)C3C=CC32)CN1C(=O)OC(C)(C)C)C(O)C(=O)NC1CC1. The van der Waals surface area contributed by atoms with E-state index in [0.29, 0.717) is 31.1 Å². The van der Waals surface area contributed by atoms with Gasteiger partial charge in [-0.1, -0.05) is 49.8 Å². The molecule has 1 aromatic rings. The number of fused-ring (bicyclic) bond motifs is 2. The molecule has 2 heterocycles. The normalized spacial score (nSPS) is 30.9. The Hall–Kier alpha value is -2.95. The topological polar surface area (TPSA) is 120 Å². The van der Waals surface area contributed by atoms with E-state index in [0.717, 1.165) is 32.4 Å². The minimum absolute atomic E-state index is 0.100. The highest BCUT2D eigenvalue weighted by molar-refractivity contribution is 5.88. The average molecular weight is 595 g/mol. The molecule has 3 aliphatic carbocycles. The molecular weight excluding hydrogens is 548 g/mol. The predicted molar refractivity (Wildman–Crippen MR) is 160 cm³/mol. The summed E-state index contributed by atoms with van der Waals surface area (Å²) in [5.41, 5.74) is 1.48. The summed E-state index contributed by atoms with van der Waals surface area (Å²) in [6.07, 6.45) is 6.26. The Morgan fingerprint density at radius 3 is 2.44 bits per heavy atom. The van der Waals surface area contributed by atoms with Crippen molar-refractivity contribution in [3.05, 3.63) is 47.5 Å². The molecular formula is C33H46N4O6. The lowest BCUT2D eigenvalue weighted by molar-refractivity contribution is -0.135. The third kappa shape index (κ3) is 6.06. The van der Waals surface area contributed by atoms with Crippen molar-refractivity contribution in [2.24, 2.45) is 11.8 Å². The van der Waals surface area contributed by atoms with E-state index >= 15 is 0 Å². The molecule has 3 amide bonds. The van der Waals surface area contributed by atoms with Crippen LogP contribution >= 0.6 is 0 Å². The van der Waals surface area contributed by atoms with E-state index in [1.54, 1.807) is 20.8 Å². The molecule has 2 aliphatic heterocycles. The largest absolute Gasteiger partial charge is 0.444 e. The van der Waals surface area contributed by atoms with Crippen LogP contribution in [0.4, 0.5) is 4.79 Å². The van der Waals surface area contributed by atoms with Crippen LogP contribution in [0.2, 0.25) is 0 Å². The summed E-state index contributed by atoms with van der Waals surface area (Å²) in [5, 5.41) is 16.6. The summed E-state index contributed by atoms with van der Waals surface area (Å²) < 4.78 is 12.7. The van der Waals surface area contributed by atoms with Gasteiger partial charge in [-0.25, -0.2) is 4.79 Å². The second-order valence-electron chi connectivity index (χ2n) is 13.9. The number of benzene rings is 1. The van der Waals surface area contributed by atoms with Gasteiger partial charge in [-0.3, -0.25) is 19.4 Å². The Kier molecular flexibility index (Phi) is 8.06. The molecule has 6 rings (SSSR count). The van der Waals surface area contributed by atoms with Crippen LogP contribution in [0.1, 0.15) is 70.9 Å². The Labute approximate surface area is 254 Å². The van der Waals surface area contributed by atoms with Crippen LogP contribution < -0.4 is 10.6 Å². The molecule has 2 saturated carbocycles. The summed E-state index contributed by atoms with van der Waals surface area (Å²) >= 11 is 0. The minimum Gasteiger partial charge on any atom is -0.444 e. The number of likely N-dealkylation sites (tertiary alicyclic amines) is 1. The van der Waals surface area contributed by atoms with Gasteiger partial charge in [-0.15, -0.1) is 0 Å². The lowest BCUT2D eigenvalue weighted by Crippen LogP contribution is -2.55. The Balaban J connectivity index is 1.18. The predicted octanol–water partition coefficient (Wildman–Crippen LogP) is 2.88. The van der Waals surface area contributed by atoms with Gasteiger partial charge in [0.1, 0.15) is 17.4 Å². The highest BCUT2D eigenvalue weighted by Crippen LogP contribution is 2.64. The number of ether oxygens (including phenoxy) is 2. The van der Waals surface area contributed by atoms with Crippen LogP contribution in [0, 0.1) is 11.8 Å².